The predicted octanol–water partition coefficient (Wildman–Crippen LogP) is 5.19. The third kappa shape index (κ3) is 4.38. The normalized spacial score (nSPS) is 10.8. The molecule has 3 aromatic carbocycles. The molecular weight excluding hydrogens is 423 g/mol. The van der Waals surface area contributed by atoms with E-state index in [1.165, 1.54) is 19.1 Å². The van der Waals surface area contributed by atoms with Crippen molar-refractivity contribution in [3.05, 3.63) is 78.6 Å². The van der Waals surface area contributed by atoms with E-state index < -0.39 is 0 Å². The largest absolute Gasteiger partial charge is 0.413 e. The Morgan fingerprint density at radius 1 is 0.848 bits per heavy atom. The average molecular weight is 440 g/mol. The Balaban J connectivity index is 1.50. The number of hydrogen-bond donors (Lipinski definition) is 2. The smallest absolute Gasteiger partial charge is 0.286 e. The molecule has 2 N–H and O–H groups in total. The Labute approximate surface area is 187 Å². The van der Waals surface area contributed by atoms with Gasteiger partial charge in [-0.15, -0.1) is 10.2 Å². The van der Waals surface area contributed by atoms with Gasteiger partial charge in [-0.1, -0.05) is 12.1 Å². The lowest BCUT2D eigenvalue weighted by atomic mass is 10.2. The number of carbonyl (C=O) groups is 1. The molecule has 1 amide bonds. The minimum absolute atomic E-state index is 0.137. The molecule has 0 aliphatic carbocycles. The zero-order valence-electron chi connectivity index (χ0n) is 17.4. The van der Waals surface area contributed by atoms with Crippen LogP contribution >= 0.6 is 0 Å². The highest BCUT2D eigenvalue weighted by molar-refractivity contribution is 5.92. The van der Waals surface area contributed by atoms with Crippen LogP contribution in [0.4, 0.5) is 21.6 Å². The van der Waals surface area contributed by atoms with Crippen LogP contribution in [-0.4, -0.2) is 26.1 Å². The van der Waals surface area contributed by atoms with Gasteiger partial charge in [-0.05, 0) is 60.7 Å². The van der Waals surface area contributed by atoms with Gasteiger partial charge in [-0.3, -0.25) is 4.79 Å². The molecule has 5 rings (SSSR count). The van der Waals surface area contributed by atoms with E-state index in [4.69, 9.17) is 4.42 Å². The second kappa shape index (κ2) is 8.46. The van der Waals surface area contributed by atoms with Crippen molar-refractivity contribution in [2.75, 3.05) is 10.6 Å². The van der Waals surface area contributed by atoms with Crippen LogP contribution in [0, 0.1) is 5.82 Å². The molecule has 2 aromatic heterocycles. The van der Waals surface area contributed by atoms with Gasteiger partial charge >= 0.3 is 0 Å². The first-order valence-electron chi connectivity index (χ1n) is 10.1. The van der Waals surface area contributed by atoms with Crippen molar-refractivity contribution < 1.29 is 13.6 Å². The fourth-order valence-electron chi connectivity index (χ4n) is 3.27. The zero-order valence-corrected chi connectivity index (χ0v) is 17.4. The monoisotopic (exact) mass is 440 g/mol. The van der Waals surface area contributed by atoms with E-state index >= 15 is 0 Å². The van der Waals surface area contributed by atoms with Crippen LogP contribution in [0.25, 0.3) is 34.1 Å². The lowest BCUT2D eigenvalue weighted by molar-refractivity contribution is -0.114. The highest BCUT2D eigenvalue weighted by Crippen LogP contribution is 2.29. The van der Waals surface area contributed by atoms with Gasteiger partial charge < -0.3 is 15.1 Å². The maximum atomic E-state index is 13.2. The molecule has 0 fully saturated rings. The third-order valence-corrected chi connectivity index (χ3v) is 4.78. The number of aromatic nitrogens is 4. The highest BCUT2D eigenvalue weighted by Gasteiger charge is 2.16. The number of nitrogens with one attached hydrogen (secondary N) is 2. The molecule has 0 saturated carbocycles. The Morgan fingerprint density at radius 3 is 2.30 bits per heavy atom. The van der Waals surface area contributed by atoms with Crippen LogP contribution in [0.1, 0.15) is 6.92 Å². The SMILES string of the molecule is CC(=O)Nc1ccc(Nc2nc(-c3nnc(-c4ccc(F)cc4)o3)nc3ccccc23)cc1. The molecule has 0 bridgehead atoms. The van der Waals surface area contributed by atoms with E-state index in [0.29, 0.717) is 22.6 Å². The molecule has 0 aliphatic heterocycles. The number of benzene rings is 3. The van der Waals surface area contributed by atoms with E-state index in [1.807, 2.05) is 36.4 Å². The molecule has 9 heteroatoms. The topological polar surface area (TPSA) is 106 Å². The Bertz CT molecular complexity index is 1450. The second-order valence-electron chi connectivity index (χ2n) is 7.22. The van der Waals surface area contributed by atoms with Crippen LogP contribution in [0.15, 0.2) is 77.2 Å². The van der Waals surface area contributed by atoms with E-state index in [2.05, 4.69) is 30.8 Å². The zero-order chi connectivity index (χ0) is 22.8. The Morgan fingerprint density at radius 2 is 1.55 bits per heavy atom. The van der Waals surface area contributed by atoms with E-state index in [0.717, 1.165) is 11.1 Å². The maximum absolute atomic E-state index is 13.2. The number of rotatable bonds is 5. The highest BCUT2D eigenvalue weighted by atomic mass is 19.1. The molecule has 0 aliphatic rings. The number of hydrogen-bond acceptors (Lipinski definition) is 7. The first kappa shape index (κ1) is 20.3. The van der Waals surface area contributed by atoms with Crippen molar-refractivity contribution >= 4 is 34.0 Å². The van der Waals surface area contributed by atoms with E-state index in [9.17, 15) is 9.18 Å². The summed E-state index contributed by atoms with van der Waals surface area (Å²) in [6.07, 6.45) is 0. The molecule has 33 heavy (non-hydrogen) atoms. The molecule has 0 saturated heterocycles. The Kier molecular flexibility index (Phi) is 5.19. The van der Waals surface area contributed by atoms with Crippen molar-refractivity contribution in [1.29, 1.82) is 0 Å². The van der Waals surface area contributed by atoms with E-state index in [-0.39, 0.29) is 29.3 Å². The average Bonchev–Trinajstić information content (AvgIpc) is 3.31. The number of para-hydroxylation sites is 1. The summed E-state index contributed by atoms with van der Waals surface area (Å²) in [5.41, 5.74) is 2.76. The maximum Gasteiger partial charge on any atom is 0.286 e. The van der Waals surface area contributed by atoms with Crippen LogP contribution in [0.3, 0.4) is 0 Å². The number of carbonyl (C=O) groups excluding carboxylic acids is 1. The second-order valence-corrected chi connectivity index (χ2v) is 7.22. The summed E-state index contributed by atoms with van der Waals surface area (Å²) >= 11 is 0. The Hall–Kier alpha value is -4.66. The molecule has 0 unspecified atom stereocenters. The molecule has 2 heterocycles. The quantitative estimate of drug-likeness (QED) is 0.387. The first-order chi connectivity index (χ1) is 16.0. The van der Waals surface area contributed by atoms with Gasteiger partial charge in [0.05, 0.1) is 5.52 Å². The van der Waals surface area contributed by atoms with Crippen molar-refractivity contribution in [3.8, 4) is 23.2 Å². The molecule has 162 valence electrons. The van der Waals surface area contributed by atoms with Gasteiger partial charge in [0.15, 0.2) is 0 Å². The summed E-state index contributed by atoms with van der Waals surface area (Å²) in [5, 5.41) is 15.0. The predicted molar refractivity (Wildman–Crippen MR) is 122 cm³/mol. The van der Waals surface area contributed by atoms with Gasteiger partial charge in [0, 0.05) is 29.2 Å². The van der Waals surface area contributed by atoms with Gasteiger partial charge in [0.25, 0.3) is 5.89 Å². The fourth-order valence-corrected chi connectivity index (χ4v) is 3.27. The van der Waals surface area contributed by atoms with Crippen molar-refractivity contribution in [2.45, 2.75) is 6.92 Å². The summed E-state index contributed by atoms with van der Waals surface area (Å²) in [5.74, 6) is 0.712. The molecular formula is C24H17FN6O2. The van der Waals surface area contributed by atoms with E-state index in [1.54, 1.807) is 24.3 Å². The van der Waals surface area contributed by atoms with Gasteiger partial charge in [-0.25, -0.2) is 14.4 Å². The van der Waals surface area contributed by atoms with Crippen LogP contribution < -0.4 is 10.6 Å². The number of fused-ring (bicyclic) bond motifs is 1. The first-order valence-corrected chi connectivity index (χ1v) is 10.1. The van der Waals surface area contributed by atoms with Crippen LogP contribution in [-0.2, 0) is 4.79 Å². The number of nitrogens with zero attached hydrogens (tertiary/aromatic N) is 4. The molecule has 0 spiro atoms. The lowest BCUT2D eigenvalue weighted by Gasteiger charge is -2.10. The number of amides is 1. The summed E-state index contributed by atoms with van der Waals surface area (Å²) < 4.78 is 19.0. The number of halogens is 1. The minimum atomic E-state index is -0.350. The van der Waals surface area contributed by atoms with Gasteiger partial charge in [-0.2, -0.15) is 0 Å². The van der Waals surface area contributed by atoms with Crippen LogP contribution in [0.2, 0.25) is 0 Å². The fraction of sp³-hybridized carbons (Fsp3) is 0.0417. The molecule has 0 radical (unpaired) electrons. The summed E-state index contributed by atoms with van der Waals surface area (Å²) in [4.78, 5) is 20.4. The molecule has 0 atom stereocenters. The molecule has 5 aromatic rings. The number of anilines is 3. The summed E-state index contributed by atoms with van der Waals surface area (Å²) in [6, 6.07) is 20.6. The van der Waals surface area contributed by atoms with Crippen molar-refractivity contribution in [1.82, 2.24) is 20.2 Å². The standard InChI is InChI=1S/C24H17FN6O2/c1-14(32)26-17-10-12-18(13-11-17)27-21-19-4-2-3-5-20(19)28-22(29-21)24-31-30-23(33-24)15-6-8-16(25)9-7-15/h2-13H,1H3,(H,26,32)(H,27,28,29). The van der Waals surface area contributed by atoms with Crippen molar-refractivity contribution in [3.63, 3.8) is 0 Å². The minimum Gasteiger partial charge on any atom is -0.413 e. The molecule has 8 nitrogen and oxygen atoms in total. The lowest BCUT2D eigenvalue weighted by Crippen LogP contribution is -2.05. The van der Waals surface area contributed by atoms with Crippen molar-refractivity contribution in [2.24, 2.45) is 0 Å². The third-order valence-electron chi connectivity index (χ3n) is 4.78. The summed E-state index contributed by atoms with van der Waals surface area (Å²) in [7, 11) is 0. The summed E-state index contributed by atoms with van der Waals surface area (Å²) in [6.45, 7) is 1.46. The van der Waals surface area contributed by atoms with Gasteiger partial charge in [0.2, 0.25) is 17.6 Å². The van der Waals surface area contributed by atoms with Gasteiger partial charge in [0.1, 0.15) is 11.6 Å². The van der Waals surface area contributed by atoms with Crippen LogP contribution in [0.5, 0.6) is 0 Å².